The molecule has 148 valence electrons. The average molecular weight is 392 g/mol. The molecule has 2 aliphatic rings. The van der Waals surface area contributed by atoms with Crippen molar-refractivity contribution in [2.75, 3.05) is 18.6 Å². The minimum absolute atomic E-state index is 0.0802. The van der Waals surface area contributed by atoms with E-state index in [9.17, 15) is 9.59 Å². The maximum absolute atomic E-state index is 12.8. The Morgan fingerprint density at radius 2 is 1.93 bits per heavy atom. The molecule has 2 amide bonds. The van der Waals surface area contributed by atoms with Crippen LogP contribution in [0.2, 0.25) is 0 Å². The van der Waals surface area contributed by atoms with Crippen LogP contribution in [0.25, 0.3) is 0 Å². The first-order valence-electron chi connectivity index (χ1n) is 9.66. The van der Waals surface area contributed by atoms with E-state index in [2.05, 4.69) is 16.0 Å². The van der Waals surface area contributed by atoms with E-state index in [0.717, 1.165) is 18.6 Å². The molecule has 7 heteroatoms. The number of amides is 2. The Morgan fingerprint density at radius 1 is 1.22 bits per heavy atom. The predicted octanol–water partition coefficient (Wildman–Crippen LogP) is 1.70. The van der Waals surface area contributed by atoms with Gasteiger partial charge in [-0.3, -0.25) is 9.59 Å². The summed E-state index contributed by atoms with van der Waals surface area (Å²) >= 11 is 1.67. The van der Waals surface area contributed by atoms with Crippen LogP contribution < -0.4 is 20.7 Å². The Bertz CT molecular complexity index is 616. The highest BCUT2D eigenvalue weighted by molar-refractivity contribution is 7.98. The molecule has 0 aromatic heterocycles. The van der Waals surface area contributed by atoms with E-state index in [-0.39, 0.29) is 24.5 Å². The molecule has 3 atom stereocenters. The standard InChI is InChI=1S/C20H29N3O3S/c1-27-10-9-18(23-19(24)13-26-17-5-3-2-4-6-17)20(25)22-16-11-14-7-8-15(12-16)21-14/h2-6,14-16,18,21H,7-13H2,1H3,(H,22,25)(H,23,24). The molecular weight excluding hydrogens is 362 g/mol. The number of rotatable bonds is 9. The van der Waals surface area contributed by atoms with Gasteiger partial charge >= 0.3 is 0 Å². The number of nitrogens with one attached hydrogen (secondary N) is 3. The van der Waals surface area contributed by atoms with Gasteiger partial charge in [0.2, 0.25) is 5.91 Å². The van der Waals surface area contributed by atoms with Gasteiger partial charge in [0.1, 0.15) is 11.8 Å². The normalized spacial score (nSPS) is 24.9. The van der Waals surface area contributed by atoms with Gasteiger partial charge in [-0.2, -0.15) is 11.8 Å². The van der Waals surface area contributed by atoms with Crippen molar-refractivity contribution < 1.29 is 14.3 Å². The van der Waals surface area contributed by atoms with Crippen LogP contribution in [0.1, 0.15) is 32.1 Å². The SMILES string of the molecule is CSCCC(NC(=O)COc1ccccc1)C(=O)NC1CC2CCC(C1)N2. The molecular formula is C20H29N3O3S. The lowest BCUT2D eigenvalue weighted by molar-refractivity contribution is -0.130. The van der Waals surface area contributed by atoms with Crippen LogP contribution in [-0.4, -0.2) is 54.6 Å². The first-order chi connectivity index (χ1) is 13.1. The van der Waals surface area contributed by atoms with Crippen LogP contribution in [0.5, 0.6) is 5.75 Å². The molecule has 3 rings (SSSR count). The smallest absolute Gasteiger partial charge is 0.258 e. The van der Waals surface area contributed by atoms with Crippen LogP contribution >= 0.6 is 11.8 Å². The van der Waals surface area contributed by atoms with Gasteiger partial charge in [-0.05, 0) is 56.2 Å². The van der Waals surface area contributed by atoms with E-state index in [1.54, 1.807) is 23.9 Å². The number of para-hydroxylation sites is 1. The first kappa shape index (κ1) is 20.0. The second kappa shape index (κ2) is 9.99. The Balaban J connectivity index is 1.49. The highest BCUT2D eigenvalue weighted by Gasteiger charge is 2.35. The van der Waals surface area contributed by atoms with Gasteiger partial charge in [-0.1, -0.05) is 18.2 Å². The van der Waals surface area contributed by atoms with Crippen molar-refractivity contribution in [3.05, 3.63) is 30.3 Å². The number of benzene rings is 1. The fourth-order valence-electron chi connectivity index (χ4n) is 3.88. The van der Waals surface area contributed by atoms with Crippen molar-refractivity contribution in [3.8, 4) is 5.75 Å². The maximum atomic E-state index is 12.8. The highest BCUT2D eigenvalue weighted by atomic mass is 32.2. The number of carbonyl (C=O) groups is 2. The molecule has 0 spiro atoms. The quantitative estimate of drug-likeness (QED) is 0.597. The van der Waals surface area contributed by atoms with Gasteiger partial charge in [0.15, 0.2) is 6.61 Å². The zero-order valence-electron chi connectivity index (χ0n) is 15.8. The minimum atomic E-state index is -0.517. The summed E-state index contributed by atoms with van der Waals surface area (Å²) in [5.41, 5.74) is 0. The van der Waals surface area contributed by atoms with E-state index in [1.807, 2.05) is 24.5 Å². The molecule has 3 N–H and O–H groups in total. The largest absolute Gasteiger partial charge is 0.484 e. The first-order valence-corrected chi connectivity index (χ1v) is 11.1. The number of hydrogen-bond donors (Lipinski definition) is 3. The number of fused-ring (bicyclic) bond motifs is 2. The summed E-state index contributed by atoms with van der Waals surface area (Å²) in [5.74, 6) is 1.10. The number of carbonyl (C=O) groups excluding carboxylic acids is 2. The van der Waals surface area contributed by atoms with E-state index in [1.165, 1.54) is 12.8 Å². The average Bonchev–Trinajstić information content (AvgIpc) is 3.02. The molecule has 2 saturated heterocycles. The molecule has 6 nitrogen and oxygen atoms in total. The molecule has 2 heterocycles. The van der Waals surface area contributed by atoms with Crippen molar-refractivity contribution in [2.45, 2.75) is 56.3 Å². The molecule has 1 aromatic carbocycles. The second-order valence-corrected chi connectivity index (χ2v) is 8.30. The number of piperidine rings is 1. The molecule has 2 bridgehead atoms. The van der Waals surface area contributed by atoms with Crippen LogP contribution in [0.3, 0.4) is 0 Å². The van der Waals surface area contributed by atoms with Crippen molar-refractivity contribution in [1.82, 2.24) is 16.0 Å². The third-order valence-electron chi connectivity index (χ3n) is 5.19. The van der Waals surface area contributed by atoms with Gasteiger partial charge in [-0.15, -0.1) is 0 Å². The lowest BCUT2D eigenvalue weighted by Gasteiger charge is -2.31. The third kappa shape index (κ3) is 6.14. The minimum Gasteiger partial charge on any atom is -0.484 e. The summed E-state index contributed by atoms with van der Waals surface area (Å²) in [6.45, 7) is -0.0927. The highest BCUT2D eigenvalue weighted by Crippen LogP contribution is 2.26. The zero-order chi connectivity index (χ0) is 19.1. The van der Waals surface area contributed by atoms with Crippen molar-refractivity contribution in [3.63, 3.8) is 0 Å². The van der Waals surface area contributed by atoms with Crippen molar-refractivity contribution in [1.29, 1.82) is 0 Å². The summed E-state index contributed by atoms with van der Waals surface area (Å²) in [6.07, 6.45) is 6.95. The van der Waals surface area contributed by atoms with Gasteiger partial charge in [0.05, 0.1) is 0 Å². The van der Waals surface area contributed by atoms with Crippen molar-refractivity contribution in [2.24, 2.45) is 0 Å². The summed E-state index contributed by atoms with van der Waals surface area (Å²) in [7, 11) is 0. The molecule has 0 radical (unpaired) electrons. The lowest BCUT2D eigenvalue weighted by atomic mass is 9.99. The maximum Gasteiger partial charge on any atom is 0.258 e. The van der Waals surface area contributed by atoms with Gasteiger partial charge in [-0.25, -0.2) is 0 Å². The third-order valence-corrected chi connectivity index (χ3v) is 5.84. The van der Waals surface area contributed by atoms with E-state index < -0.39 is 6.04 Å². The topological polar surface area (TPSA) is 79.5 Å². The summed E-state index contributed by atoms with van der Waals surface area (Å²) in [4.78, 5) is 25.0. The van der Waals surface area contributed by atoms with Crippen molar-refractivity contribution >= 4 is 23.6 Å². The molecule has 0 saturated carbocycles. The fourth-order valence-corrected chi connectivity index (χ4v) is 4.35. The van der Waals surface area contributed by atoms with Gasteiger partial charge in [0, 0.05) is 18.1 Å². The molecule has 2 fully saturated rings. The zero-order valence-corrected chi connectivity index (χ0v) is 16.6. The Morgan fingerprint density at radius 3 is 2.59 bits per heavy atom. The van der Waals surface area contributed by atoms with E-state index in [4.69, 9.17) is 4.74 Å². The van der Waals surface area contributed by atoms with Crippen LogP contribution in [0, 0.1) is 0 Å². The van der Waals surface area contributed by atoms with Crippen LogP contribution in [0.15, 0.2) is 30.3 Å². The lowest BCUT2D eigenvalue weighted by Crippen LogP contribution is -2.54. The monoisotopic (exact) mass is 391 g/mol. The van der Waals surface area contributed by atoms with Crippen LogP contribution in [-0.2, 0) is 9.59 Å². The summed E-state index contributed by atoms with van der Waals surface area (Å²) in [6, 6.07) is 9.93. The molecule has 2 aliphatic heterocycles. The van der Waals surface area contributed by atoms with Gasteiger partial charge < -0.3 is 20.7 Å². The fraction of sp³-hybridized carbons (Fsp3) is 0.600. The van der Waals surface area contributed by atoms with E-state index in [0.29, 0.717) is 24.3 Å². The Kier molecular flexibility index (Phi) is 7.41. The Hall–Kier alpha value is -1.73. The van der Waals surface area contributed by atoms with E-state index >= 15 is 0 Å². The molecule has 27 heavy (non-hydrogen) atoms. The number of ether oxygens (including phenoxy) is 1. The Labute approximate surface area is 165 Å². The predicted molar refractivity (Wildman–Crippen MR) is 108 cm³/mol. The number of hydrogen-bond acceptors (Lipinski definition) is 5. The second-order valence-electron chi connectivity index (χ2n) is 7.32. The summed E-state index contributed by atoms with van der Waals surface area (Å²) in [5, 5.41) is 9.59. The number of thioether (sulfide) groups is 1. The molecule has 0 aliphatic carbocycles. The molecule has 1 aromatic rings. The van der Waals surface area contributed by atoms with Gasteiger partial charge in [0.25, 0.3) is 5.91 Å². The summed E-state index contributed by atoms with van der Waals surface area (Å²) < 4.78 is 5.48. The molecule has 3 unspecified atom stereocenters. The van der Waals surface area contributed by atoms with Crippen LogP contribution in [0.4, 0.5) is 0 Å².